The smallest absolute Gasteiger partial charge is 0.466 e. The third-order valence-corrected chi connectivity index (χ3v) is 5.95. The van der Waals surface area contributed by atoms with Crippen LogP contribution in [0.1, 0.15) is 18.2 Å². The fourth-order valence-corrected chi connectivity index (χ4v) is 4.19. The Kier molecular flexibility index (Phi) is 7.27. The van der Waals surface area contributed by atoms with Crippen molar-refractivity contribution in [3.8, 4) is 0 Å². The Morgan fingerprint density at radius 2 is 1.94 bits per heavy atom. The van der Waals surface area contributed by atoms with Gasteiger partial charge in [-0.2, -0.15) is 0 Å². The second kappa shape index (κ2) is 10.4. The van der Waals surface area contributed by atoms with E-state index in [0.717, 1.165) is 6.20 Å². The highest BCUT2D eigenvalue weighted by Gasteiger charge is 2.43. The van der Waals surface area contributed by atoms with Crippen LogP contribution in [0.3, 0.4) is 0 Å². The van der Waals surface area contributed by atoms with Crippen LogP contribution in [-0.4, -0.2) is 72.6 Å². The first kappa shape index (κ1) is 25.2. The van der Waals surface area contributed by atoms with E-state index in [-0.39, 0.29) is 24.6 Å². The zero-order valence-electron chi connectivity index (χ0n) is 19.5. The Labute approximate surface area is 205 Å². The van der Waals surface area contributed by atoms with Gasteiger partial charge in [0.25, 0.3) is 0 Å². The van der Waals surface area contributed by atoms with Crippen LogP contribution in [0.5, 0.6) is 0 Å². The van der Waals surface area contributed by atoms with E-state index in [4.69, 9.17) is 24.3 Å². The van der Waals surface area contributed by atoms with Crippen molar-refractivity contribution in [2.45, 2.75) is 18.7 Å². The number of halogens is 2. The van der Waals surface area contributed by atoms with E-state index in [1.165, 1.54) is 43.5 Å². The van der Waals surface area contributed by atoms with Crippen molar-refractivity contribution in [1.29, 1.82) is 0 Å². The van der Waals surface area contributed by atoms with Crippen LogP contribution < -0.4 is 5.32 Å². The van der Waals surface area contributed by atoms with Gasteiger partial charge in [-0.1, -0.05) is 12.1 Å². The molecule has 2 N–H and O–H groups in total. The summed E-state index contributed by atoms with van der Waals surface area (Å²) in [6.07, 6.45) is -1.36. The molecular weight excluding hydrogens is 478 g/mol. The lowest BCUT2D eigenvalue weighted by Crippen LogP contribution is -2.51. The quantitative estimate of drug-likeness (QED) is 0.574. The summed E-state index contributed by atoms with van der Waals surface area (Å²) < 4.78 is 42.7. The minimum Gasteiger partial charge on any atom is -0.466 e. The Hall–Kier alpha value is -3.90. The van der Waals surface area contributed by atoms with E-state index in [0.29, 0.717) is 30.1 Å². The number of morpholine rings is 1. The molecule has 4 rings (SSSR count). The van der Waals surface area contributed by atoms with Gasteiger partial charge in [0, 0.05) is 18.8 Å². The lowest BCUT2D eigenvalue weighted by Gasteiger charge is -2.39. The maximum atomic E-state index is 13.7. The summed E-state index contributed by atoms with van der Waals surface area (Å²) in [6.45, 7) is 2.33. The molecule has 190 valence electrons. The van der Waals surface area contributed by atoms with Gasteiger partial charge >= 0.3 is 12.1 Å². The van der Waals surface area contributed by atoms with Crippen molar-refractivity contribution in [2.75, 3.05) is 33.4 Å². The fraction of sp³-hybridized carbons (Fsp3) is 0.333. The van der Waals surface area contributed by atoms with Gasteiger partial charge in [0.15, 0.2) is 12.1 Å². The summed E-state index contributed by atoms with van der Waals surface area (Å²) in [5.41, 5.74) is -0.106. The Bertz CT molecular complexity index is 1200. The standard InChI is InChI=1S/C24H24F2N4O6/c1-24(14-3-5-15(25)6-4-14)20(22(31)34-2)18(12-30-9-10-35-13-19(30)36-23(32)33)28-21(29-24)17-8-7-16(26)11-27-17/h3-8,11,19H,9-10,12-13H2,1-2H3,(H,28,29)(H,32,33)/t19-,24?/m0/s1. The number of pyridine rings is 1. The number of aliphatic imine (C=N–C) groups is 1. The molecule has 1 fully saturated rings. The number of nitrogens with zero attached hydrogens (tertiary/aromatic N) is 3. The van der Waals surface area contributed by atoms with Crippen LogP contribution in [0.2, 0.25) is 0 Å². The van der Waals surface area contributed by atoms with Crippen LogP contribution >= 0.6 is 0 Å². The molecule has 2 aromatic rings. The van der Waals surface area contributed by atoms with Gasteiger partial charge in [-0.15, -0.1) is 0 Å². The number of carbonyl (C=O) groups is 2. The van der Waals surface area contributed by atoms with E-state index in [9.17, 15) is 18.4 Å². The molecule has 0 spiro atoms. The number of amidine groups is 1. The van der Waals surface area contributed by atoms with Gasteiger partial charge in [0.05, 0.1) is 32.1 Å². The highest BCUT2D eigenvalue weighted by Crippen LogP contribution is 2.39. The summed E-state index contributed by atoms with van der Waals surface area (Å²) >= 11 is 0. The number of carboxylic acid groups (broad SMARTS) is 1. The molecule has 3 heterocycles. The van der Waals surface area contributed by atoms with Crippen molar-refractivity contribution in [2.24, 2.45) is 4.99 Å². The van der Waals surface area contributed by atoms with Crippen molar-refractivity contribution in [1.82, 2.24) is 15.2 Å². The van der Waals surface area contributed by atoms with E-state index >= 15 is 0 Å². The monoisotopic (exact) mass is 502 g/mol. The predicted octanol–water partition coefficient (Wildman–Crippen LogP) is 2.41. The number of aromatic nitrogens is 1. The first-order chi connectivity index (χ1) is 17.2. The Morgan fingerprint density at radius 3 is 2.58 bits per heavy atom. The Morgan fingerprint density at radius 1 is 1.22 bits per heavy atom. The molecule has 36 heavy (non-hydrogen) atoms. The molecular formula is C24H24F2N4O6. The maximum absolute atomic E-state index is 13.7. The van der Waals surface area contributed by atoms with Crippen LogP contribution in [0.25, 0.3) is 0 Å². The number of hydrogen-bond acceptors (Lipinski definition) is 9. The topological polar surface area (TPSA) is 123 Å². The van der Waals surface area contributed by atoms with Crippen molar-refractivity contribution >= 4 is 18.0 Å². The third-order valence-electron chi connectivity index (χ3n) is 5.95. The summed E-state index contributed by atoms with van der Waals surface area (Å²) in [5, 5.41) is 12.2. The van der Waals surface area contributed by atoms with E-state index < -0.39 is 35.5 Å². The second-order valence-corrected chi connectivity index (χ2v) is 8.26. The summed E-state index contributed by atoms with van der Waals surface area (Å²) in [6, 6.07) is 8.16. The first-order valence-electron chi connectivity index (χ1n) is 11.0. The van der Waals surface area contributed by atoms with Crippen molar-refractivity contribution in [3.63, 3.8) is 0 Å². The lowest BCUT2D eigenvalue weighted by molar-refractivity contribution is -0.137. The molecule has 0 bridgehead atoms. The predicted molar refractivity (Wildman–Crippen MR) is 122 cm³/mol. The zero-order valence-corrected chi connectivity index (χ0v) is 19.5. The first-order valence-corrected chi connectivity index (χ1v) is 11.0. The molecule has 12 heteroatoms. The number of hydrogen-bond donors (Lipinski definition) is 2. The van der Waals surface area contributed by atoms with Crippen LogP contribution in [0.4, 0.5) is 13.6 Å². The average Bonchev–Trinajstić information content (AvgIpc) is 2.85. The van der Waals surface area contributed by atoms with Gasteiger partial charge in [-0.25, -0.2) is 28.3 Å². The SMILES string of the molecule is COC(=O)C1=C(CN2CCOC[C@@H]2OC(=O)O)NC(c2ccc(F)cn2)=NC1(C)c1ccc(F)cc1. The summed E-state index contributed by atoms with van der Waals surface area (Å²) in [5.74, 6) is -1.47. The molecule has 1 saturated heterocycles. The number of carbonyl (C=O) groups excluding carboxylic acids is 1. The molecule has 0 amide bonds. The van der Waals surface area contributed by atoms with Gasteiger partial charge in [-0.05, 0) is 36.8 Å². The van der Waals surface area contributed by atoms with Crippen molar-refractivity contribution < 1.29 is 37.7 Å². The molecule has 2 aliphatic heterocycles. The fourth-order valence-electron chi connectivity index (χ4n) is 4.19. The van der Waals surface area contributed by atoms with E-state index in [2.05, 4.69) is 10.3 Å². The summed E-state index contributed by atoms with van der Waals surface area (Å²) in [4.78, 5) is 34.9. The second-order valence-electron chi connectivity index (χ2n) is 8.26. The number of rotatable bonds is 6. The van der Waals surface area contributed by atoms with Gasteiger partial charge < -0.3 is 24.6 Å². The largest absolute Gasteiger partial charge is 0.507 e. The lowest BCUT2D eigenvalue weighted by atomic mass is 9.82. The Balaban J connectivity index is 1.84. The molecule has 10 nitrogen and oxygen atoms in total. The number of ether oxygens (including phenoxy) is 3. The maximum Gasteiger partial charge on any atom is 0.507 e. The number of nitrogens with one attached hydrogen (secondary N) is 1. The highest BCUT2D eigenvalue weighted by molar-refractivity contribution is 6.03. The van der Waals surface area contributed by atoms with E-state index in [1.54, 1.807) is 11.8 Å². The molecule has 2 atom stereocenters. The summed E-state index contributed by atoms with van der Waals surface area (Å²) in [7, 11) is 1.23. The molecule has 0 aliphatic carbocycles. The average molecular weight is 502 g/mol. The van der Waals surface area contributed by atoms with Gasteiger partial charge in [-0.3, -0.25) is 4.90 Å². The molecule has 0 saturated carbocycles. The van der Waals surface area contributed by atoms with Crippen LogP contribution in [0, 0.1) is 11.6 Å². The number of methoxy groups -OCH3 is 1. The van der Waals surface area contributed by atoms with E-state index in [1.807, 2.05) is 0 Å². The molecule has 2 aliphatic rings. The molecule has 1 unspecified atom stereocenters. The van der Waals surface area contributed by atoms with Gasteiger partial charge in [0.2, 0.25) is 0 Å². The minimum absolute atomic E-state index is 0.00281. The van der Waals surface area contributed by atoms with Crippen LogP contribution in [0.15, 0.2) is 58.9 Å². The van der Waals surface area contributed by atoms with Crippen molar-refractivity contribution in [3.05, 3.63) is 76.8 Å². The molecule has 1 aromatic carbocycles. The number of esters is 1. The zero-order chi connectivity index (χ0) is 25.9. The molecule has 0 radical (unpaired) electrons. The minimum atomic E-state index is -1.47. The normalized spacial score (nSPS) is 22.4. The number of benzene rings is 1. The molecule has 1 aromatic heterocycles. The highest BCUT2D eigenvalue weighted by atomic mass is 19.1. The third kappa shape index (κ3) is 5.19. The van der Waals surface area contributed by atoms with Crippen LogP contribution in [-0.2, 0) is 24.5 Å². The van der Waals surface area contributed by atoms with Gasteiger partial charge in [0.1, 0.15) is 22.9 Å².